The molecule has 0 spiro atoms. The fourth-order valence-electron chi connectivity index (χ4n) is 5.07. The molecule has 6 heteroatoms. The van der Waals surface area contributed by atoms with E-state index >= 15 is 0 Å². The van der Waals surface area contributed by atoms with E-state index in [1.54, 1.807) is 18.2 Å². The smallest absolute Gasteiger partial charge is 0.341 e. The van der Waals surface area contributed by atoms with Crippen LogP contribution in [0, 0.1) is 5.41 Å². The molecule has 2 fully saturated rings. The van der Waals surface area contributed by atoms with Gasteiger partial charge in [0.1, 0.15) is 5.75 Å². The van der Waals surface area contributed by atoms with Gasteiger partial charge in [0.15, 0.2) is 6.61 Å². The zero-order valence-corrected chi connectivity index (χ0v) is 18.5. The van der Waals surface area contributed by atoms with Crippen molar-refractivity contribution in [3.63, 3.8) is 0 Å². The molecule has 1 heterocycles. The van der Waals surface area contributed by atoms with E-state index in [4.69, 9.17) is 9.84 Å². The van der Waals surface area contributed by atoms with Gasteiger partial charge in [0.05, 0.1) is 18.6 Å². The zero-order chi connectivity index (χ0) is 22.7. The highest BCUT2D eigenvalue weighted by Gasteiger charge is 2.43. The number of benzene rings is 2. The second kappa shape index (κ2) is 9.33. The van der Waals surface area contributed by atoms with Crippen molar-refractivity contribution in [3.05, 3.63) is 65.2 Å². The summed E-state index contributed by atoms with van der Waals surface area (Å²) < 4.78 is 5.25. The first-order chi connectivity index (χ1) is 15.4. The second-order valence-electron chi connectivity index (χ2n) is 9.11. The molecule has 6 nitrogen and oxygen atoms in total. The summed E-state index contributed by atoms with van der Waals surface area (Å²) in [5.74, 6) is -0.461. The lowest BCUT2D eigenvalue weighted by molar-refractivity contribution is -0.147. The van der Waals surface area contributed by atoms with Crippen LogP contribution in [0.3, 0.4) is 0 Å². The Morgan fingerprint density at radius 1 is 1.22 bits per heavy atom. The molecule has 1 unspecified atom stereocenters. The Hall–Kier alpha value is -2.86. The molecule has 0 bridgehead atoms. The fourth-order valence-corrected chi connectivity index (χ4v) is 5.07. The van der Waals surface area contributed by atoms with Crippen molar-refractivity contribution in [2.24, 2.45) is 5.41 Å². The highest BCUT2D eigenvalue weighted by atomic mass is 16.5. The van der Waals surface area contributed by atoms with Crippen molar-refractivity contribution in [3.8, 4) is 5.75 Å². The van der Waals surface area contributed by atoms with E-state index in [1.807, 2.05) is 35.2 Å². The molecule has 1 saturated carbocycles. The van der Waals surface area contributed by atoms with Gasteiger partial charge in [-0.3, -0.25) is 4.79 Å². The van der Waals surface area contributed by atoms with Crippen molar-refractivity contribution in [2.45, 2.75) is 64.1 Å². The fraction of sp³-hybridized carbons (Fsp3) is 0.462. The van der Waals surface area contributed by atoms with Crippen LogP contribution in [0.25, 0.3) is 0 Å². The van der Waals surface area contributed by atoms with Crippen LogP contribution in [-0.2, 0) is 16.1 Å². The molecule has 2 aromatic carbocycles. The molecule has 2 N–H and O–H groups in total. The van der Waals surface area contributed by atoms with Crippen LogP contribution in [0.2, 0.25) is 0 Å². The van der Waals surface area contributed by atoms with Gasteiger partial charge >= 0.3 is 5.97 Å². The minimum absolute atomic E-state index is 0.00518. The topological polar surface area (TPSA) is 87.1 Å². The molecule has 4 rings (SSSR count). The average Bonchev–Trinajstić information content (AvgIpc) is 2.77. The molecule has 2 aromatic rings. The lowest BCUT2D eigenvalue weighted by atomic mass is 9.61. The van der Waals surface area contributed by atoms with E-state index in [-0.39, 0.29) is 17.4 Å². The van der Waals surface area contributed by atoms with Crippen molar-refractivity contribution in [2.75, 3.05) is 6.61 Å². The van der Waals surface area contributed by atoms with Gasteiger partial charge in [-0.05, 0) is 48.1 Å². The van der Waals surface area contributed by atoms with Gasteiger partial charge in [0, 0.05) is 12.0 Å². The van der Waals surface area contributed by atoms with Crippen molar-refractivity contribution < 1.29 is 24.5 Å². The summed E-state index contributed by atoms with van der Waals surface area (Å²) in [4.78, 5) is 24.9. The third kappa shape index (κ3) is 4.51. The Morgan fingerprint density at radius 3 is 2.56 bits per heavy atom. The number of aliphatic carboxylic acids is 1. The van der Waals surface area contributed by atoms with Gasteiger partial charge in [-0.1, -0.05) is 56.2 Å². The number of carboxylic acid groups (broad SMARTS) is 1. The Balaban J connectivity index is 1.42. The van der Waals surface area contributed by atoms with E-state index in [0.29, 0.717) is 18.7 Å². The van der Waals surface area contributed by atoms with Crippen LogP contribution in [0.1, 0.15) is 74.3 Å². The SMILES string of the molecule is CCCC1(C(O)c2ccc([C@H]3CC(=O)N3Cc3cccc(OCC(=O)O)c3)cc2)CCC1. The van der Waals surface area contributed by atoms with Gasteiger partial charge in [-0.2, -0.15) is 0 Å². The molecule has 1 saturated heterocycles. The monoisotopic (exact) mass is 437 g/mol. The van der Waals surface area contributed by atoms with Gasteiger partial charge in [0.25, 0.3) is 0 Å². The van der Waals surface area contributed by atoms with Gasteiger partial charge in [0.2, 0.25) is 5.91 Å². The summed E-state index contributed by atoms with van der Waals surface area (Å²) in [6.07, 6.45) is 5.53. The number of aliphatic hydroxyl groups excluding tert-OH is 1. The van der Waals surface area contributed by atoms with Crippen LogP contribution < -0.4 is 4.74 Å². The molecule has 1 amide bonds. The Bertz CT molecular complexity index is 966. The molecule has 32 heavy (non-hydrogen) atoms. The van der Waals surface area contributed by atoms with Gasteiger partial charge in [-0.25, -0.2) is 4.79 Å². The standard InChI is InChI=1S/C26H31NO5/c1-2-11-26(12-4-13-26)25(31)20-9-7-19(8-10-20)22-15-23(28)27(22)16-18-5-3-6-21(14-18)32-17-24(29)30/h3,5-10,14,22,25,31H,2,4,11-13,15-17H2,1H3,(H,29,30)/t22-,25?/m1/s1. The number of rotatable bonds is 10. The molecule has 0 aromatic heterocycles. The number of nitrogens with zero attached hydrogens (tertiary/aromatic N) is 1. The third-order valence-corrected chi connectivity index (χ3v) is 6.99. The lowest BCUT2D eigenvalue weighted by Crippen LogP contribution is -2.45. The number of carbonyl (C=O) groups excluding carboxylic acids is 1. The van der Waals surface area contributed by atoms with Crippen molar-refractivity contribution in [1.82, 2.24) is 4.90 Å². The predicted molar refractivity (Wildman–Crippen MR) is 120 cm³/mol. The van der Waals surface area contributed by atoms with E-state index in [2.05, 4.69) is 6.92 Å². The first kappa shape index (κ1) is 22.3. The summed E-state index contributed by atoms with van der Waals surface area (Å²) >= 11 is 0. The van der Waals surface area contributed by atoms with Crippen molar-refractivity contribution >= 4 is 11.9 Å². The minimum atomic E-state index is -1.03. The molecule has 1 aliphatic carbocycles. The summed E-state index contributed by atoms with van der Waals surface area (Å²) in [6, 6.07) is 15.3. The minimum Gasteiger partial charge on any atom is -0.482 e. The van der Waals surface area contributed by atoms with E-state index < -0.39 is 18.7 Å². The van der Waals surface area contributed by atoms with Crippen molar-refractivity contribution in [1.29, 1.82) is 0 Å². The first-order valence-electron chi connectivity index (χ1n) is 11.4. The van der Waals surface area contributed by atoms with E-state index in [9.17, 15) is 14.7 Å². The lowest BCUT2D eigenvalue weighted by Gasteiger charge is -2.46. The predicted octanol–water partition coefficient (Wildman–Crippen LogP) is 4.63. The van der Waals surface area contributed by atoms with Gasteiger partial charge in [-0.15, -0.1) is 0 Å². The van der Waals surface area contributed by atoms with Gasteiger partial charge < -0.3 is 19.8 Å². The van der Waals surface area contributed by atoms with E-state index in [1.165, 1.54) is 6.42 Å². The molecule has 2 aliphatic rings. The Morgan fingerprint density at radius 2 is 1.97 bits per heavy atom. The molecule has 0 radical (unpaired) electrons. The molecule has 2 atom stereocenters. The maximum atomic E-state index is 12.3. The summed E-state index contributed by atoms with van der Waals surface area (Å²) in [5.41, 5.74) is 2.95. The Kier molecular flexibility index (Phi) is 6.51. The summed E-state index contributed by atoms with van der Waals surface area (Å²) in [5, 5.41) is 19.8. The zero-order valence-electron chi connectivity index (χ0n) is 18.5. The maximum Gasteiger partial charge on any atom is 0.341 e. The Labute approximate surface area is 188 Å². The molecule has 1 aliphatic heterocycles. The number of ether oxygens (including phenoxy) is 1. The number of hydrogen-bond donors (Lipinski definition) is 2. The number of hydrogen-bond acceptors (Lipinski definition) is 4. The molecular weight excluding hydrogens is 406 g/mol. The average molecular weight is 438 g/mol. The summed E-state index contributed by atoms with van der Waals surface area (Å²) in [7, 11) is 0. The third-order valence-electron chi connectivity index (χ3n) is 6.99. The highest BCUT2D eigenvalue weighted by Crippen LogP contribution is 2.53. The number of likely N-dealkylation sites (tertiary alicyclic amines) is 1. The summed E-state index contributed by atoms with van der Waals surface area (Å²) in [6.45, 7) is 2.22. The number of carbonyl (C=O) groups is 2. The second-order valence-corrected chi connectivity index (χ2v) is 9.11. The molecule has 170 valence electrons. The van der Waals surface area contributed by atoms with Crippen LogP contribution >= 0.6 is 0 Å². The van der Waals surface area contributed by atoms with Crippen LogP contribution in [-0.4, -0.2) is 33.6 Å². The van der Waals surface area contributed by atoms with Crippen LogP contribution in [0.4, 0.5) is 0 Å². The first-order valence-corrected chi connectivity index (χ1v) is 11.4. The highest BCUT2D eigenvalue weighted by molar-refractivity contribution is 5.83. The number of β-lactam (4-membered cyclic amide) rings is 1. The largest absolute Gasteiger partial charge is 0.482 e. The van der Waals surface area contributed by atoms with E-state index in [0.717, 1.165) is 42.4 Å². The van der Waals surface area contributed by atoms with Crippen LogP contribution in [0.15, 0.2) is 48.5 Å². The maximum absolute atomic E-state index is 12.3. The number of amides is 1. The molecular formula is C26H31NO5. The number of carboxylic acids is 1. The normalized spacial score (nSPS) is 20.2. The number of aliphatic hydroxyl groups is 1. The van der Waals surface area contributed by atoms with Crippen LogP contribution in [0.5, 0.6) is 5.75 Å². The quantitative estimate of drug-likeness (QED) is 0.529.